The minimum Gasteiger partial charge on any atom is -0.496 e. The van der Waals surface area contributed by atoms with Gasteiger partial charge in [-0.25, -0.2) is 0 Å². The van der Waals surface area contributed by atoms with Crippen molar-refractivity contribution in [3.8, 4) is 5.75 Å². The lowest BCUT2D eigenvalue weighted by Crippen LogP contribution is -2.05. The Morgan fingerprint density at radius 3 is 2.38 bits per heavy atom. The highest BCUT2D eigenvalue weighted by molar-refractivity contribution is 5.96. The van der Waals surface area contributed by atoms with Gasteiger partial charge in [-0.1, -0.05) is 12.6 Å². The summed E-state index contributed by atoms with van der Waals surface area (Å²) in [6, 6.07) is 3.98. The minimum atomic E-state index is 0.0570. The Morgan fingerprint density at radius 1 is 1.31 bits per heavy atom. The van der Waals surface area contributed by atoms with Crippen molar-refractivity contribution < 1.29 is 9.53 Å². The van der Waals surface area contributed by atoms with Gasteiger partial charge >= 0.3 is 0 Å². The molecule has 0 aliphatic rings. The van der Waals surface area contributed by atoms with E-state index in [9.17, 15) is 4.79 Å². The predicted octanol–water partition coefficient (Wildman–Crippen LogP) is 3.00. The molecule has 0 N–H and O–H groups in total. The number of methoxy groups -OCH3 is 1. The van der Waals surface area contributed by atoms with E-state index >= 15 is 0 Å². The van der Waals surface area contributed by atoms with Crippen molar-refractivity contribution in [1.82, 2.24) is 0 Å². The number of ketones is 1. The van der Waals surface area contributed by atoms with Gasteiger partial charge in [-0.05, 0) is 43.5 Å². The van der Waals surface area contributed by atoms with Crippen LogP contribution >= 0.6 is 0 Å². The standard InChI is InChI=1S/C14H18O2/c1-9(2)13(15)8-12-6-10(3)11(4)7-14(12)16-5/h6-7H,1,8H2,2-5H3. The van der Waals surface area contributed by atoms with E-state index in [2.05, 4.69) is 6.58 Å². The molecule has 0 saturated carbocycles. The van der Waals surface area contributed by atoms with Crippen molar-refractivity contribution in [2.75, 3.05) is 7.11 Å². The van der Waals surface area contributed by atoms with E-state index in [0.717, 1.165) is 11.3 Å². The van der Waals surface area contributed by atoms with Crippen LogP contribution in [0.5, 0.6) is 5.75 Å². The zero-order valence-corrected chi connectivity index (χ0v) is 10.4. The smallest absolute Gasteiger partial charge is 0.162 e. The predicted molar refractivity (Wildman–Crippen MR) is 66.0 cm³/mol. The van der Waals surface area contributed by atoms with Crippen molar-refractivity contribution in [3.05, 3.63) is 41.0 Å². The number of hydrogen-bond acceptors (Lipinski definition) is 2. The fraction of sp³-hybridized carbons (Fsp3) is 0.357. The van der Waals surface area contributed by atoms with Crippen molar-refractivity contribution in [1.29, 1.82) is 0 Å². The van der Waals surface area contributed by atoms with Crippen LogP contribution in [0, 0.1) is 13.8 Å². The van der Waals surface area contributed by atoms with Crippen LogP contribution in [0.1, 0.15) is 23.6 Å². The second-order valence-corrected chi connectivity index (χ2v) is 4.13. The first-order valence-corrected chi connectivity index (χ1v) is 5.28. The SMILES string of the molecule is C=C(C)C(=O)Cc1cc(C)c(C)cc1OC. The molecule has 0 radical (unpaired) electrons. The molecular formula is C14H18O2. The highest BCUT2D eigenvalue weighted by Crippen LogP contribution is 2.24. The van der Waals surface area contributed by atoms with E-state index in [-0.39, 0.29) is 5.78 Å². The number of hydrogen-bond donors (Lipinski definition) is 0. The molecule has 16 heavy (non-hydrogen) atoms. The molecule has 0 aliphatic carbocycles. The van der Waals surface area contributed by atoms with Crippen LogP contribution in [0.25, 0.3) is 0 Å². The molecule has 0 amide bonds. The Kier molecular flexibility index (Phi) is 3.88. The maximum absolute atomic E-state index is 11.6. The Labute approximate surface area is 96.9 Å². The molecule has 2 nitrogen and oxygen atoms in total. The fourth-order valence-corrected chi connectivity index (χ4v) is 1.50. The molecule has 0 atom stereocenters. The van der Waals surface area contributed by atoms with E-state index in [4.69, 9.17) is 4.74 Å². The summed E-state index contributed by atoms with van der Waals surface area (Å²) < 4.78 is 5.28. The number of Topliss-reactive ketones (excluding diaryl/α,β-unsaturated/α-hetero) is 1. The molecule has 0 aromatic heterocycles. The average Bonchev–Trinajstić information content (AvgIpc) is 2.22. The maximum atomic E-state index is 11.6. The molecule has 86 valence electrons. The van der Waals surface area contributed by atoms with E-state index in [1.165, 1.54) is 11.1 Å². The van der Waals surface area contributed by atoms with Crippen LogP contribution < -0.4 is 4.74 Å². The molecule has 1 rings (SSSR count). The Hall–Kier alpha value is -1.57. The summed E-state index contributed by atoms with van der Waals surface area (Å²) in [6.45, 7) is 9.45. The molecule has 2 heteroatoms. The molecule has 0 saturated heterocycles. The number of carbonyl (C=O) groups excluding carboxylic acids is 1. The third-order valence-electron chi connectivity index (χ3n) is 2.72. The van der Waals surface area contributed by atoms with Crippen LogP contribution in [0.3, 0.4) is 0 Å². The third kappa shape index (κ3) is 2.72. The monoisotopic (exact) mass is 218 g/mol. The number of rotatable bonds is 4. The van der Waals surface area contributed by atoms with Crippen LogP contribution in [0.2, 0.25) is 0 Å². The van der Waals surface area contributed by atoms with Crippen molar-refractivity contribution >= 4 is 5.78 Å². The van der Waals surface area contributed by atoms with Crippen LogP contribution in [-0.2, 0) is 11.2 Å². The van der Waals surface area contributed by atoms with E-state index in [0.29, 0.717) is 12.0 Å². The molecule has 0 spiro atoms. The van der Waals surface area contributed by atoms with E-state index in [1.54, 1.807) is 14.0 Å². The summed E-state index contributed by atoms with van der Waals surface area (Å²) in [5.74, 6) is 0.833. The van der Waals surface area contributed by atoms with Gasteiger partial charge in [0.15, 0.2) is 5.78 Å². The number of benzene rings is 1. The first-order chi connectivity index (χ1) is 7.45. The zero-order valence-electron chi connectivity index (χ0n) is 10.4. The molecule has 1 aromatic rings. The molecule has 0 heterocycles. The van der Waals surface area contributed by atoms with Gasteiger partial charge in [-0.2, -0.15) is 0 Å². The number of allylic oxidation sites excluding steroid dienone is 1. The quantitative estimate of drug-likeness (QED) is 0.726. The molecular weight excluding hydrogens is 200 g/mol. The minimum absolute atomic E-state index is 0.0570. The van der Waals surface area contributed by atoms with Gasteiger partial charge in [0.25, 0.3) is 0 Å². The van der Waals surface area contributed by atoms with E-state index in [1.807, 2.05) is 26.0 Å². The van der Waals surface area contributed by atoms with Crippen molar-refractivity contribution in [2.45, 2.75) is 27.2 Å². The second-order valence-electron chi connectivity index (χ2n) is 4.13. The lowest BCUT2D eigenvalue weighted by molar-refractivity contribution is -0.114. The van der Waals surface area contributed by atoms with Crippen molar-refractivity contribution in [2.24, 2.45) is 0 Å². The molecule has 0 aliphatic heterocycles. The lowest BCUT2D eigenvalue weighted by Gasteiger charge is -2.11. The highest BCUT2D eigenvalue weighted by Gasteiger charge is 2.10. The molecule has 1 aromatic carbocycles. The number of aryl methyl sites for hydroxylation is 2. The van der Waals surface area contributed by atoms with Gasteiger partial charge in [-0.15, -0.1) is 0 Å². The summed E-state index contributed by atoms with van der Waals surface area (Å²) in [5.41, 5.74) is 3.85. The average molecular weight is 218 g/mol. The van der Waals surface area contributed by atoms with Gasteiger partial charge in [-0.3, -0.25) is 4.79 Å². The maximum Gasteiger partial charge on any atom is 0.162 e. The number of ether oxygens (including phenoxy) is 1. The summed E-state index contributed by atoms with van der Waals surface area (Å²) in [4.78, 5) is 11.6. The van der Waals surface area contributed by atoms with Gasteiger partial charge in [0.05, 0.1) is 7.11 Å². The van der Waals surface area contributed by atoms with Gasteiger partial charge < -0.3 is 4.74 Å². The topological polar surface area (TPSA) is 26.3 Å². The highest BCUT2D eigenvalue weighted by atomic mass is 16.5. The first kappa shape index (κ1) is 12.5. The van der Waals surface area contributed by atoms with Crippen LogP contribution in [0.4, 0.5) is 0 Å². The molecule has 0 bridgehead atoms. The lowest BCUT2D eigenvalue weighted by atomic mass is 9.99. The normalized spacial score (nSPS) is 10.0. The summed E-state index contributed by atoms with van der Waals surface area (Å²) in [6.07, 6.45) is 0.361. The van der Waals surface area contributed by atoms with Crippen LogP contribution in [0.15, 0.2) is 24.3 Å². The van der Waals surface area contributed by atoms with Crippen molar-refractivity contribution in [3.63, 3.8) is 0 Å². The summed E-state index contributed by atoms with van der Waals surface area (Å²) >= 11 is 0. The largest absolute Gasteiger partial charge is 0.496 e. The molecule has 0 fully saturated rings. The van der Waals surface area contributed by atoms with Gasteiger partial charge in [0, 0.05) is 12.0 Å². The Balaban J connectivity index is 3.08. The first-order valence-electron chi connectivity index (χ1n) is 5.28. The Morgan fingerprint density at radius 2 is 1.88 bits per heavy atom. The second kappa shape index (κ2) is 4.97. The van der Waals surface area contributed by atoms with E-state index < -0.39 is 0 Å². The molecule has 0 unspecified atom stereocenters. The van der Waals surface area contributed by atoms with Gasteiger partial charge in [0.2, 0.25) is 0 Å². The zero-order chi connectivity index (χ0) is 12.3. The third-order valence-corrected chi connectivity index (χ3v) is 2.72. The summed E-state index contributed by atoms with van der Waals surface area (Å²) in [7, 11) is 1.62. The summed E-state index contributed by atoms with van der Waals surface area (Å²) in [5, 5.41) is 0. The Bertz CT molecular complexity index is 431. The van der Waals surface area contributed by atoms with Gasteiger partial charge in [0.1, 0.15) is 5.75 Å². The fourth-order valence-electron chi connectivity index (χ4n) is 1.50. The number of carbonyl (C=O) groups is 1. The van der Waals surface area contributed by atoms with Crippen LogP contribution in [-0.4, -0.2) is 12.9 Å².